The van der Waals surface area contributed by atoms with E-state index in [-0.39, 0.29) is 24.4 Å². The van der Waals surface area contributed by atoms with E-state index in [1.54, 1.807) is 0 Å². The van der Waals surface area contributed by atoms with Gasteiger partial charge in [-0.05, 0) is 50.1 Å². The lowest BCUT2D eigenvalue weighted by Gasteiger charge is -2.21. The van der Waals surface area contributed by atoms with Crippen LogP contribution in [-0.2, 0) is 9.59 Å². The van der Waals surface area contributed by atoms with E-state index >= 15 is 0 Å². The molecule has 2 atom stereocenters. The fourth-order valence-electron chi connectivity index (χ4n) is 2.47. The number of anilines is 2. The van der Waals surface area contributed by atoms with Gasteiger partial charge in [-0.25, -0.2) is 0 Å². The van der Waals surface area contributed by atoms with Crippen LogP contribution in [0.15, 0.2) is 48.5 Å². The van der Waals surface area contributed by atoms with E-state index in [9.17, 15) is 9.59 Å². The number of carbonyl (C=O) groups excluding carboxylic acids is 2. The highest BCUT2D eigenvalue weighted by atomic mass is 16.2. The van der Waals surface area contributed by atoms with Crippen molar-refractivity contribution in [2.75, 3.05) is 24.2 Å². The van der Waals surface area contributed by atoms with E-state index in [1.807, 2.05) is 76.3 Å². The first-order valence-corrected chi connectivity index (χ1v) is 8.42. The number of quaternary nitrogens is 1. The SMILES string of the molecule is Cc1ccc(C)c(NC(=O)C[NH+](C)[C@@H](C)C(=O)Nc2ccccc2)c1. The molecule has 25 heavy (non-hydrogen) atoms. The van der Waals surface area contributed by atoms with Crippen LogP contribution in [0.5, 0.6) is 0 Å². The second-order valence-electron chi connectivity index (χ2n) is 6.47. The molecule has 0 aromatic heterocycles. The van der Waals surface area contributed by atoms with Gasteiger partial charge in [-0.2, -0.15) is 0 Å². The number of rotatable bonds is 6. The van der Waals surface area contributed by atoms with Crippen molar-refractivity contribution in [3.8, 4) is 0 Å². The van der Waals surface area contributed by atoms with Gasteiger partial charge < -0.3 is 15.5 Å². The number of para-hydroxylation sites is 1. The third kappa shape index (κ3) is 5.43. The quantitative estimate of drug-likeness (QED) is 0.751. The number of hydrogen-bond donors (Lipinski definition) is 3. The van der Waals surface area contributed by atoms with Crippen LogP contribution in [0, 0.1) is 13.8 Å². The summed E-state index contributed by atoms with van der Waals surface area (Å²) in [4.78, 5) is 25.5. The molecule has 0 saturated carbocycles. The number of aryl methyl sites for hydroxylation is 2. The van der Waals surface area contributed by atoms with E-state index in [0.717, 1.165) is 27.4 Å². The Kier molecular flexibility index (Phi) is 6.31. The van der Waals surface area contributed by atoms with Gasteiger partial charge in [0, 0.05) is 11.4 Å². The second-order valence-corrected chi connectivity index (χ2v) is 6.47. The molecular weight excluding hydrogens is 314 g/mol. The van der Waals surface area contributed by atoms with Crippen LogP contribution in [0.2, 0.25) is 0 Å². The first-order valence-electron chi connectivity index (χ1n) is 8.42. The van der Waals surface area contributed by atoms with E-state index in [0.29, 0.717) is 0 Å². The summed E-state index contributed by atoms with van der Waals surface area (Å²) in [5.74, 6) is -0.214. The Bertz CT molecular complexity index is 744. The molecule has 132 valence electrons. The van der Waals surface area contributed by atoms with Crippen molar-refractivity contribution < 1.29 is 14.5 Å². The number of amides is 2. The average Bonchev–Trinajstić information content (AvgIpc) is 2.58. The third-order valence-corrected chi connectivity index (χ3v) is 4.28. The van der Waals surface area contributed by atoms with Gasteiger partial charge in [0.05, 0.1) is 7.05 Å². The van der Waals surface area contributed by atoms with Crippen molar-refractivity contribution >= 4 is 23.2 Å². The van der Waals surface area contributed by atoms with Gasteiger partial charge in [-0.15, -0.1) is 0 Å². The molecule has 5 heteroatoms. The number of likely N-dealkylation sites (N-methyl/N-ethyl adjacent to an activating group) is 1. The fraction of sp³-hybridized carbons (Fsp3) is 0.300. The molecule has 2 amide bonds. The molecule has 0 bridgehead atoms. The predicted octanol–water partition coefficient (Wildman–Crippen LogP) is 1.78. The summed E-state index contributed by atoms with van der Waals surface area (Å²) in [5.41, 5.74) is 3.69. The lowest BCUT2D eigenvalue weighted by Crippen LogP contribution is -3.14. The molecule has 2 rings (SSSR count). The van der Waals surface area contributed by atoms with Crippen molar-refractivity contribution in [1.82, 2.24) is 0 Å². The zero-order valence-corrected chi connectivity index (χ0v) is 15.2. The molecule has 2 aromatic carbocycles. The maximum atomic E-state index is 12.3. The molecule has 0 spiro atoms. The Hall–Kier alpha value is -2.66. The monoisotopic (exact) mass is 340 g/mol. The molecule has 3 N–H and O–H groups in total. The summed E-state index contributed by atoms with van der Waals surface area (Å²) in [6.45, 7) is 5.99. The maximum absolute atomic E-state index is 12.3. The lowest BCUT2D eigenvalue weighted by atomic mass is 10.1. The highest BCUT2D eigenvalue weighted by molar-refractivity contribution is 5.94. The minimum atomic E-state index is -0.343. The van der Waals surface area contributed by atoms with Crippen LogP contribution in [0.25, 0.3) is 0 Å². The van der Waals surface area contributed by atoms with Gasteiger partial charge in [-0.3, -0.25) is 9.59 Å². The van der Waals surface area contributed by atoms with E-state index in [1.165, 1.54) is 0 Å². The molecule has 0 aliphatic carbocycles. The van der Waals surface area contributed by atoms with Crippen LogP contribution in [0.3, 0.4) is 0 Å². The molecular formula is C20H26N3O2+. The standard InChI is InChI=1S/C20H25N3O2/c1-14-10-11-15(2)18(12-14)22-19(24)13-23(4)16(3)20(25)21-17-8-6-5-7-9-17/h5-12,16H,13H2,1-4H3,(H,21,25)(H,22,24)/p+1/t16-/m0/s1. The molecule has 5 nitrogen and oxygen atoms in total. The number of benzene rings is 2. The number of nitrogens with one attached hydrogen (secondary N) is 3. The molecule has 0 aliphatic rings. The van der Waals surface area contributed by atoms with Gasteiger partial charge in [0.2, 0.25) is 0 Å². The molecule has 0 radical (unpaired) electrons. The minimum Gasteiger partial charge on any atom is -0.321 e. The summed E-state index contributed by atoms with van der Waals surface area (Å²) in [7, 11) is 1.85. The molecule has 0 heterocycles. The first kappa shape index (κ1) is 18.7. The van der Waals surface area contributed by atoms with Crippen LogP contribution < -0.4 is 15.5 Å². The number of carbonyl (C=O) groups is 2. The van der Waals surface area contributed by atoms with Crippen molar-refractivity contribution in [2.45, 2.75) is 26.8 Å². The smallest absolute Gasteiger partial charge is 0.282 e. The van der Waals surface area contributed by atoms with Crippen LogP contribution in [-0.4, -0.2) is 31.4 Å². The molecule has 1 unspecified atom stereocenters. The second kappa shape index (κ2) is 8.44. The summed E-state index contributed by atoms with van der Waals surface area (Å²) in [6.07, 6.45) is 0. The topological polar surface area (TPSA) is 62.6 Å². The van der Waals surface area contributed by atoms with E-state index in [4.69, 9.17) is 0 Å². The molecule has 0 saturated heterocycles. The van der Waals surface area contributed by atoms with Gasteiger partial charge in [0.15, 0.2) is 12.6 Å². The third-order valence-electron chi connectivity index (χ3n) is 4.28. The summed E-state index contributed by atoms with van der Waals surface area (Å²) in [5, 5.41) is 5.80. The van der Waals surface area contributed by atoms with Crippen LogP contribution in [0.1, 0.15) is 18.1 Å². The van der Waals surface area contributed by atoms with Crippen molar-refractivity contribution in [3.05, 3.63) is 59.7 Å². The Balaban J connectivity index is 1.91. The highest BCUT2D eigenvalue weighted by Gasteiger charge is 2.24. The Morgan fingerprint density at radius 1 is 1.04 bits per heavy atom. The van der Waals surface area contributed by atoms with Gasteiger partial charge in [-0.1, -0.05) is 30.3 Å². The van der Waals surface area contributed by atoms with Crippen molar-refractivity contribution in [3.63, 3.8) is 0 Å². The maximum Gasteiger partial charge on any atom is 0.282 e. The highest BCUT2D eigenvalue weighted by Crippen LogP contribution is 2.15. The Morgan fingerprint density at radius 3 is 2.40 bits per heavy atom. The zero-order valence-electron chi connectivity index (χ0n) is 15.2. The summed E-state index contributed by atoms with van der Waals surface area (Å²) >= 11 is 0. The van der Waals surface area contributed by atoms with Crippen LogP contribution >= 0.6 is 0 Å². The molecule has 0 fully saturated rings. The fourth-order valence-corrected chi connectivity index (χ4v) is 2.47. The molecule has 2 aromatic rings. The van der Waals surface area contributed by atoms with E-state index in [2.05, 4.69) is 10.6 Å². The summed E-state index contributed by atoms with van der Waals surface area (Å²) in [6, 6.07) is 14.9. The molecule has 0 aliphatic heterocycles. The average molecular weight is 340 g/mol. The Labute approximate surface area is 149 Å². The van der Waals surface area contributed by atoms with Crippen LogP contribution in [0.4, 0.5) is 11.4 Å². The number of hydrogen-bond acceptors (Lipinski definition) is 2. The zero-order chi connectivity index (χ0) is 18.4. The normalized spacial score (nSPS) is 13.0. The van der Waals surface area contributed by atoms with E-state index < -0.39 is 0 Å². The van der Waals surface area contributed by atoms with Gasteiger partial charge >= 0.3 is 0 Å². The van der Waals surface area contributed by atoms with Gasteiger partial charge in [0.25, 0.3) is 11.8 Å². The van der Waals surface area contributed by atoms with Crippen molar-refractivity contribution in [2.24, 2.45) is 0 Å². The van der Waals surface area contributed by atoms with Crippen molar-refractivity contribution in [1.29, 1.82) is 0 Å². The van der Waals surface area contributed by atoms with Gasteiger partial charge in [0.1, 0.15) is 0 Å². The largest absolute Gasteiger partial charge is 0.321 e. The summed E-state index contributed by atoms with van der Waals surface area (Å²) < 4.78 is 0. The first-order chi connectivity index (χ1) is 11.9. The lowest BCUT2D eigenvalue weighted by molar-refractivity contribution is -0.885. The predicted molar refractivity (Wildman–Crippen MR) is 101 cm³/mol. The minimum absolute atomic E-state index is 0.106. The Morgan fingerprint density at radius 2 is 1.72 bits per heavy atom.